The van der Waals surface area contributed by atoms with Crippen molar-refractivity contribution in [2.45, 2.75) is 70.4 Å². The number of nitrogens with zero attached hydrogens (tertiary/aromatic N) is 1. The molecule has 1 N–H and O–H groups in total. The van der Waals surface area contributed by atoms with Crippen LogP contribution in [0.2, 0.25) is 5.02 Å². The monoisotopic (exact) mass is 614 g/mol. The molecule has 43 heavy (non-hydrogen) atoms. The van der Waals surface area contributed by atoms with E-state index in [1.54, 1.807) is 20.8 Å². The van der Waals surface area contributed by atoms with Gasteiger partial charge in [0.25, 0.3) is 0 Å². The summed E-state index contributed by atoms with van der Waals surface area (Å²) < 4.78 is 45.4. The van der Waals surface area contributed by atoms with Gasteiger partial charge in [-0.15, -0.1) is 0 Å². The molecular formula is C33H34ClF3N2O4. The summed E-state index contributed by atoms with van der Waals surface area (Å²) in [6.07, 6.45) is -4.65. The predicted octanol–water partition coefficient (Wildman–Crippen LogP) is 7.10. The summed E-state index contributed by atoms with van der Waals surface area (Å²) >= 11 is 6.26. The van der Waals surface area contributed by atoms with Crippen molar-refractivity contribution in [3.8, 4) is 0 Å². The minimum Gasteiger partial charge on any atom is -0.460 e. The lowest BCUT2D eigenvalue weighted by Crippen LogP contribution is -2.68. The molecule has 3 aromatic carbocycles. The van der Waals surface area contributed by atoms with E-state index in [0.29, 0.717) is 0 Å². The van der Waals surface area contributed by atoms with Gasteiger partial charge in [0.05, 0.1) is 17.5 Å². The van der Waals surface area contributed by atoms with Crippen LogP contribution in [0, 0.1) is 5.92 Å². The minimum atomic E-state index is -4.60. The molecule has 0 unspecified atom stereocenters. The highest BCUT2D eigenvalue weighted by Crippen LogP contribution is 2.46. The molecule has 0 aromatic heterocycles. The van der Waals surface area contributed by atoms with Crippen LogP contribution in [-0.2, 0) is 31.8 Å². The maximum atomic E-state index is 14.3. The van der Waals surface area contributed by atoms with Crippen LogP contribution in [0.1, 0.15) is 68.8 Å². The number of carbonyl (C=O) groups is 3. The van der Waals surface area contributed by atoms with Gasteiger partial charge in [0, 0.05) is 18.5 Å². The standard InChI is InChI=1S/C33H34ClF3N2O4/c1-21(40)39(20-24-15-16-26(17-27(24)34)33(35,36)37)32(18-25(19-32)29(41)43-31(2,3)4)30(42)38-28(22-11-7-5-8-12-22)23-13-9-6-10-14-23/h5-17,25,28H,18-20H2,1-4H3,(H,38,42). The van der Waals surface area contributed by atoms with Crippen molar-refractivity contribution < 1.29 is 32.3 Å². The maximum absolute atomic E-state index is 14.3. The first-order valence-corrected chi connectivity index (χ1v) is 14.3. The number of hydrogen-bond acceptors (Lipinski definition) is 4. The van der Waals surface area contributed by atoms with Crippen molar-refractivity contribution in [1.82, 2.24) is 10.2 Å². The molecule has 10 heteroatoms. The fraction of sp³-hybridized carbons (Fsp3) is 0.364. The number of ether oxygens (including phenoxy) is 1. The fourth-order valence-electron chi connectivity index (χ4n) is 5.34. The van der Waals surface area contributed by atoms with Crippen LogP contribution in [0.15, 0.2) is 78.9 Å². The normalized spacial score (nSPS) is 18.5. The third kappa shape index (κ3) is 7.39. The molecule has 0 spiro atoms. The van der Waals surface area contributed by atoms with Gasteiger partial charge in [-0.05, 0) is 62.4 Å². The second-order valence-corrected chi connectivity index (χ2v) is 12.2. The number of benzene rings is 3. The Bertz CT molecular complexity index is 1430. The third-order valence-electron chi connectivity index (χ3n) is 7.48. The molecule has 1 saturated carbocycles. The molecule has 1 fully saturated rings. The summed E-state index contributed by atoms with van der Waals surface area (Å²) in [7, 11) is 0. The summed E-state index contributed by atoms with van der Waals surface area (Å²) in [4.78, 5) is 41.8. The SMILES string of the molecule is CC(=O)N(Cc1ccc(C(F)(F)F)cc1Cl)C1(C(=O)NC(c2ccccc2)c2ccccc2)CC(C(=O)OC(C)(C)C)C1. The molecular weight excluding hydrogens is 581 g/mol. The van der Waals surface area contributed by atoms with E-state index in [1.165, 1.54) is 17.9 Å². The van der Waals surface area contributed by atoms with E-state index in [4.69, 9.17) is 16.3 Å². The van der Waals surface area contributed by atoms with Crippen molar-refractivity contribution in [2.24, 2.45) is 5.92 Å². The van der Waals surface area contributed by atoms with Crippen LogP contribution in [0.3, 0.4) is 0 Å². The van der Waals surface area contributed by atoms with E-state index in [9.17, 15) is 27.6 Å². The number of amides is 2. The fourth-order valence-corrected chi connectivity index (χ4v) is 5.58. The van der Waals surface area contributed by atoms with Crippen LogP contribution < -0.4 is 5.32 Å². The molecule has 0 radical (unpaired) electrons. The smallest absolute Gasteiger partial charge is 0.416 e. The van der Waals surface area contributed by atoms with Gasteiger partial charge in [0.2, 0.25) is 11.8 Å². The molecule has 3 aromatic rings. The molecule has 0 saturated heterocycles. The van der Waals surface area contributed by atoms with Crippen molar-refractivity contribution in [3.63, 3.8) is 0 Å². The lowest BCUT2D eigenvalue weighted by Gasteiger charge is -2.52. The van der Waals surface area contributed by atoms with Crippen molar-refractivity contribution in [2.75, 3.05) is 0 Å². The van der Waals surface area contributed by atoms with Gasteiger partial charge in [-0.3, -0.25) is 14.4 Å². The summed E-state index contributed by atoms with van der Waals surface area (Å²) in [5.41, 5.74) is -1.31. The number of carbonyl (C=O) groups excluding carboxylic acids is 3. The highest BCUT2D eigenvalue weighted by Gasteiger charge is 2.58. The Morgan fingerprint density at radius 2 is 1.49 bits per heavy atom. The third-order valence-corrected chi connectivity index (χ3v) is 7.83. The summed E-state index contributed by atoms with van der Waals surface area (Å²) in [6.45, 7) is 6.26. The van der Waals surface area contributed by atoms with E-state index in [0.717, 1.165) is 23.3 Å². The Hall–Kier alpha value is -3.85. The summed E-state index contributed by atoms with van der Waals surface area (Å²) in [5.74, 6) is -2.15. The van der Waals surface area contributed by atoms with Gasteiger partial charge in [0.1, 0.15) is 11.1 Å². The minimum absolute atomic E-state index is 0.0259. The highest BCUT2D eigenvalue weighted by molar-refractivity contribution is 6.31. The molecule has 0 atom stereocenters. The second kappa shape index (κ2) is 12.4. The number of nitrogens with one attached hydrogen (secondary N) is 1. The van der Waals surface area contributed by atoms with Gasteiger partial charge in [-0.2, -0.15) is 13.2 Å². The lowest BCUT2D eigenvalue weighted by molar-refractivity contribution is -0.177. The Kier molecular flexibility index (Phi) is 9.25. The van der Waals surface area contributed by atoms with Crippen molar-refractivity contribution in [3.05, 3.63) is 106 Å². The van der Waals surface area contributed by atoms with E-state index >= 15 is 0 Å². The van der Waals surface area contributed by atoms with Crippen LogP contribution in [-0.4, -0.2) is 33.8 Å². The largest absolute Gasteiger partial charge is 0.460 e. The molecule has 1 aliphatic rings. The Labute approximate surface area is 254 Å². The lowest BCUT2D eigenvalue weighted by atomic mass is 9.66. The number of rotatable bonds is 8. The van der Waals surface area contributed by atoms with Crippen LogP contribution in [0.4, 0.5) is 13.2 Å². The molecule has 1 aliphatic carbocycles. The summed E-state index contributed by atoms with van der Waals surface area (Å²) in [6, 6.07) is 20.9. The predicted molar refractivity (Wildman–Crippen MR) is 157 cm³/mol. The average molecular weight is 615 g/mol. The van der Waals surface area contributed by atoms with Gasteiger partial charge in [-0.1, -0.05) is 78.3 Å². The van der Waals surface area contributed by atoms with Gasteiger partial charge < -0.3 is 15.0 Å². The quantitative estimate of drug-likeness (QED) is 0.275. The molecule has 0 bridgehead atoms. The van der Waals surface area contributed by atoms with Gasteiger partial charge >= 0.3 is 12.1 Å². The van der Waals surface area contributed by atoms with Crippen molar-refractivity contribution in [1.29, 1.82) is 0 Å². The molecule has 0 heterocycles. The number of alkyl halides is 3. The number of hydrogen-bond donors (Lipinski definition) is 1. The number of esters is 1. The van der Waals surface area contributed by atoms with E-state index < -0.39 is 52.6 Å². The van der Waals surface area contributed by atoms with Crippen LogP contribution >= 0.6 is 11.6 Å². The summed E-state index contributed by atoms with van der Waals surface area (Å²) in [5, 5.41) is 2.91. The van der Waals surface area contributed by atoms with Crippen molar-refractivity contribution >= 4 is 29.4 Å². The Morgan fingerprint density at radius 3 is 1.93 bits per heavy atom. The van der Waals surface area contributed by atoms with E-state index in [-0.39, 0.29) is 30.0 Å². The van der Waals surface area contributed by atoms with Crippen LogP contribution in [0.25, 0.3) is 0 Å². The molecule has 2 amide bonds. The Balaban J connectivity index is 1.72. The topological polar surface area (TPSA) is 75.7 Å². The van der Waals surface area contributed by atoms with Gasteiger partial charge in [0.15, 0.2) is 0 Å². The van der Waals surface area contributed by atoms with Gasteiger partial charge in [-0.25, -0.2) is 0 Å². The Morgan fingerprint density at radius 1 is 0.953 bits per heavy atom. The zero-order valence-corrected chi connectivity index (χ0v) is 25.1. The molecule has 0 aliphatic heterocycles. The first-order chi connectivity index (χ1) is 20.1. The first-order valence-electron chi connectivity index (χ1n) is 13.9. The first kappa shape index (κ1) is 32.1. The molecule has 4 rings (SSSR count). The van der Waals surface area contributed by atoms with E-state index in [1.807, 2.05) is 60.7 Å². The second-order valence-electron chi connectivity index (χ2n) is 11.8. The number of halogens is 4. The zero-order chi connectivity index (χ0) is 31.6. The average Bonchev–Trinajstić information content (AvgIpc) is 2.90. The molecule has 228 valence electrons. The maximum Gasteiger partial charge on any atom is 0.416 e. The highest BCUT2D eigenvalue weighted by atomic mass is 35.5. The van der Waals surface area contributed by atoms with Crippen LogP contribution in [0.5, 0.6) is 0 Å². The zero-order valence-electron chi connectivity index (χ0n) is 24.4. The van der Waals surface area contributed by atoms with E-state index in [2.05, 4.69) is 5.32 Å². The molecule has 6 nitrogen and oxygen atoms in total.